The van der Waals surface area contributed by atoms with E-state index in [0.717, 1.165) is 37.1 Å². The molecule has 0 spiro atoms. The highest BCUT2D eigenvalue weighted by atomic mass is 16.3. The van der Waals surface area contributed by atoms with Gasteiger partial charge in [-0.25, -0.2) is 0 Å². The van der Waals surface area contributed by atoms with E-state index in [2.05, 4.69) is 39.5 Å². The highest BCUT2D eigenvalue weighted by Crippen LogP contribution is 2.75. The maximum absolute atomic E-state index is 12.0. The number of likely N-dealkylation sites (tertiary alicyclic amines) is 1. The molecule has 1 amide bonds. The van der Waals surface area contributed by atoms with Crippen molar-refractivity contribution < 1.29 is 9.90 Å². The average molecular weight is 430 g/mol. The molecule has 5 fully saturated rings. The molecule has 0 bridgehead atoms. The number of hydrogen-bond donors (Lipinski definition) is 1. The first kappa shape index (κ1) is 22.2. The van der Waals surface area contributed by atoms with E-state index in [1.807, 2.05) is 0 Å². The predicted octanol–water partition coefficient (Wildman–Crippen LogP) is 6.04. The van der Waals surface area contributed by atoms with Gasteiger partial charge in [0.05, 0.1) is 0 Å². The number of rotatable bonds is 2. The number of carbonyl (C=O) groups is 1. The maximum atomic E-state index is 12.0. The van der Waals surface area contributed by atoms with Crippen molar-refractivity contribution in [2.24, 2.45) is 45.3 Å². The van der Waals surface area contributed by atoms with E-state index >= 15 is 0 Å². The highest BCUT2D eigenvalue weighted by molar-refractivity contribution is 5.49. The Hall–Kier alpha value is -0.570. The van der Waals surface area contributed by atoms with Gasteiger partial charge in [-0.3, -0.25) is 4.79 Å². The third-order valence-corrected chi connectivity index (χ3v) is 13.0. The van der Waals surface area contributed by atoms with Crippen LogP contribution in [0.3, 0.4) is 0 Å². The molecule has 5 rings (SSSR count). The minimum absolute atomic E-state index is 0.0455. The Bertz CT molecular complexity index is 735. The van der Waals surface area contributed by atoms with Gasteiger partial charge in [-0.1, -0.05) is 27.2 Å². The minimum atomic E-state index is -0.0455. The molecule has 0 aromatic rings. The Morgan fingerprint density at radius 2 is 1.58 bits per heavy atom. The van der Waals surface area contributed by atoms with Gasteiger partial charge in [0, 0.05) is 18.7 Å². The molecule has 3 nitrogen and oxygen atoms in total. The van der Waals surface area contributed by atoms with Crippen LogP contribution in [-0.4, -0.2) is 35.1 Å². The average Bonchev–Trinajstić information content (AvgIpc) is 3.12. The fourth-order valence-electron chi connectivity index (χ4n) is 11.2. The van der Waals surface area contributed by atoms with E-state index in [4.69, 9.17) is 0 Å². The standard InChI is InChI=1S/C28H47NO2/c1-24(2)22-11-14-27(5)23(25(22,3)12-7-17-29(24)19-31)10-9-20-21-8-6-13-28(21,18-30)16-15-26(20,27)4/h19-23,30H,6-18H2,1-5H3/t20?,21?,22?,23?,25?,26-,27?,28?/m1/s1. The van der Waals surface area contributed by atoms with Crippen LogP contribution in [0.2, 0.25) is 0 Å². The van der Waals surface area contributed by atoms with Crippen LogP contribution in [0.15, 0.2) is 0 Å². The second kappa shape index (κ2) is 6.97. The molecule has 3 heteroatoms. The zero-order valence-electron chi connectivity index (χ0n) is 20.9. The summed E-state index contributed by atoms with van der Waals surface area (Å²) in [5.41, 5.74) is 1.30. The molecule has 4 aliphatic carbocycles. The molecule has 31 heavy (non-hydrogen) atoms. The molecule has 1 N–H and O–H groups in total. The third kappa shape index (κ3) is 2.65. The summed E-state index contributed by atoms with van der Waals surface area (Å²) in [6, 6.07) is 0. The first-order valence-electron chi connectivity index (χ1n) is 13.4. The van der Waals surface area contributed by atoms with Gasteiger partial charge in [-0.15, -0.1) is 0 Å². The number of aliphatic hydroxyl groups excluding tert-OH is 1. The Balaban J connectivity index is 1.53. The number of aliphatic hydroxyl groups is 1. The van der Waals surface area contributed by atoms with E-state index < -0.39 is 0 Å². The van der Waals surface area contributed by atoms with Gasteiger partial charge in [-0.05, 0) is 123 Å². The van der Waals surface area contributed by atoms with Crippen LogP contribution in [0.25, 0.3) is 0 Å². The van der Waals surface area contributed by atoms with Crippen molar-refractivity contribution >= 4 is 6.41 Å². The summed E-state index contributed by atoms with van der Waals surface area (Å²) in [7, 11) is 0. The van der Waals surface area contributed by atoms with E-state index in [-0.39, 0.29) is 11.0 Å². The van der Waals surface area contributed by atoms with Crippen LogP contribution in [0, 0.1) is 45.3 Å². The van der Waals surface area contributed by atoms with Gasteiger partial charge in [-0.2, -0.15) is 0 Å². The largest absolute Gasteiger partial charge is 0.396 e. The quantitative estimate of drug-likeness (QED) is 0.543. The Morgan fingerprint density at radius 3 is 2.29 bits per heavy atom. The first-order valence-corrected chi connectivity index (χ1v) is 13.4. The summed E-state index contributed by atoms with van der Waals surface area (Å²) < 4.78 is 0. The van der Waals surface area contributed by atoms with Crippen LogP contribution >= 0.6 is 0 Å². The summed E-state index contributed by atoms with van der Waals surface area (Å²) in [5.74, 6) is 2.89. The highest BCUT2D eigenvalue weighted by Gasteiger charge is 2.69. The van der Waals surface area contributed by atoms with Crippen LogP contribution in [0.1, 0.15) is 105 Å². The minimum Gasteiger partial charge on any atom is -0.396 e. The van der Waals surface area contributed by atoms with Gasteiger partial charge in [0.1, 0.15) is 0 Å². The molecule has 1 aliphatic heterocycles. The molecular weight excluding hydrogens is 382 g/mol. The monoisotopic (exact) mass is 429 g/mol. The van der Waals surface area contributed by atoms with E-state index in [9.17, 15) is 9.90 Å². The molecule has 7 unspecified atom stereocenters. The van der Waals surface area contributed by atoms with Crippen molar-refractivity contribution in [1.29, 1.82) is 0 Å². The fourth-order valence-corrected chi connectivity index (χ4v) is 11.2. The van der Waals surface area contributed by atoms with E-state index in [1.165, 1.54) is 64.2 Å². The molecule has 4 saturated carbocycles. The molecule has 0 aromatic heterocycles. The molecule has 1 heterocycles. The molecule has 0 aromatic carbocycles. The Kier molecular flexibility index (Phi) is 5.00. The number of carbonyl (C=O) groups excluding carboxylic acids is 1. The summed E-state index contributed by atoms with van der Waals surface area (Å²) in [6.45, 7) is 14.0. The van der Waals surface area contributed by atoms with Gasteiger partial charge in [0.25, 0.3) is 0 Å². The van der Waals surface area contributed by atoms with Crippen molar-refractivity contribution in [1.82, 2.24) is 4.90 Å². The van der Waals surface area contributed by atoms with Gasteiger partial charge < -0.3 is 10.0 Å². The SMILES string of the molecule is CC12CCCN(C=O)C(C)(C)C1CCC1(C)C2CCC2C3CCCC3(CO)CC[C@]21C. The Morgan fingerprint density at radius 1 is 0.806 bits per heavy atom. The summed E-state index contributed by atoms with van der Waals surface area (Å²) in [5, 5.41) is 10.4. The number of amides is 1. The summed E-state index contributed by atoms with van der Waals surface area (Å²) in [6.07, 6.45) is 15.4. The molecule has 1 saturated heterocycles. The van der Waals surface area contributed by atoms with Crippen molar-refractivity contribution in [2.45, 2.75) is 111 Å². The molecule has 5 aliphatic rings. The molecular formula is C28H47NO2. The van der Waals surface area contributed by atoms with Gasteiger partial charge in [0.15, 0.2) is 0 Å². The first-order chi connectivity index (χ1) is 14.6. The number of nitrogens with zero attached hydrogens (tertiary/aromatic N) is 1. The third-order valence-electron chi connectivity index (χ3n) is 13.0. The number of fused-ring (bicyclic) bond motifs is 7. The van der Waals surface area contributed by atoms with Crippen molar-refractivity contribution in [2.75, 3.05) is 13.2 Å². The second-order valence-electron chi connectivity index (χ2n) is 13.7. The molecule has 8 atom stereocenters. The molecule has 176 valence electrons. The van der Waals surface area contributed by atoms with Crippen LogP contribution < -0.4 is 0 Å². The van der Waals surface area contributed by atoms with E-state index in [1.54, 1.807) is 0 Å². The predicted molar refractivity (Wildman–Crippen MR) is 125 cm³/mol. The number of hydrogen-bond acceptors (Lipinski definition) is 2. The van der Waals surface area contributed by atoms with E-state index in [0.29, 0.717) is 28.8 Å². The zero-order valence-corrected chi connectivity index (χ0v) is 20.9. The maximum Gasteiger partial charge on any atom is 0.210 e. The van der Waals surface area contributed by atoms with Gasteiger partial charge >= 0.3 is 0 Å². The Labute approximate surface area is 190 Å². The van der Waals surface area contributed by atoms with Crippen LogP contribution in [0.4, 0.5) is 0 Å². The fraction of sp³-hybridized carbons (Fsp3) is 0.964. The van der Waals surface area contributed by atoms with Crippen LogP contribution in [0.5, 0.6) is 0 Å². The van der Waals surface area contributed by atoms with Crippen molar-refractivity contribution in [3.63, 3.8) is 0 Å². The lowest BCUT2D eigenvalue weighted by Crippen LogP contribution is -2.66. The summed E-state index contributed by atoms with van der Waals surface area (Å²) in [4.78, 5) is 14.1. The zero-order chi connectivity index (χ0) is 22.3. The van der Waals surface area contributed by atoms with Crippen molar-refractivity contribution in [3.05, 3.63) is 0 Å². The second-order valence-corrected chi connectivity index (χ2v) is 13.7. The smallest absolute Gasteiger partial charge is 0.210 e. The molecule has 0 radical (unpaired) electrons. The van der Waals surface area contributed by atoms with Crippen LogP contribution in [-0.2, 0) is 4.79 Å². The summed E-state index contributed by atoms with van der Waals surface area (Å²) >= 11 is 0. The van der Waals surface area contributed by atoms with Gasteiger partial charge in [0.2, 0.25) is 6.41 Å². The topological polar surface area (TPSA) is 40.5 Å². The lowest BCUT2D eigenvalue weighted by Gasteiger charge is -2.71. The van der Waals surface area contributed by atoms with Crippen molar-refractivity contribution in [3.8, 4) is 0 Å². The lowest BCUT2D eigenvalue weighted by atomic mass is 9.34. The normalized spacial score (nSPS) is 53.5. The lowest BCUT2D eigenvalue weighted by molar-refractivity contribution is -0.226.